The van der Waals surface area contributed by atoms with E-state index in [4.69, 9.17) is 5.73 Å². The lowest BCUT2D eigenvalue weighted by molar-refractivity contribution is 0.211. The lowest BCUT2D eigenvalue weighted by Crippen LogP contribution is -2.56. The quantitative estimate of drug-likeness (QED) is 0.704. The van der Waals surface area contributed by atoms with Gasteiger partial charge in [0.15, 0.2) is 0 Å². The zero-order valence-corrected chi connectivity index (χ0v) is 10.6. The average Bonchev–Trinajstić information content (AvgIpc) is 3.06. The van der Waals surface area contributed by atoms with Crippen LogP contribution in [0.2, 0.25) is 0 Å². The fourth-order valence-corrected chi connectivity index (χ4v) is 2.65. The Balaban J connectivity index is 1.87. The highest BCUT2D eigenvalue weighted by Gasteiger charge is 2.32. The van der Waals surface area contributed by atoms with Gasteiger partial charge in [0, 0.05) is 12.6 Å². The molecule has 0 bridgehead atoms. The maximum Gasteiger partial charge on any atom is 0.315 e. The molecule has 2 rings (SSSR count). The SMILES string of the molecule is NCC1(NC(=O)NC2CC2)CCCCCCC1. The van der Waals surface area contributed by atoms with Gasteiger partial charge in [0.05, 0.1) is 5.54 Å². The van der Waals surface area contributed by atoms with Crippen molar-refractivity contribution >= 4 is 6.03 Å². The second-order valence-electron chi connectivity index (χ2n) is 5.62. The zero-order chi connectivity index (χ0) is 12.1. The van der Waals surface area contributed by atoms with Gasteiger partial charge in [-0.2, -0.15) is 0 Å². The molecule has 2 aliphatic carbocycles. The molecular weight excluding hydrogens is 214 g/mol. The third kappa shape index (κ3) is 3.87. The van der Waals surface area contributed by atoms with Crippen LogP contribution >= 0.6 is 0 Å². The van der Waals surface area contributed by atoms with E-state index in [0.717, 1.165) is 25.7 Å². The molecule has 0 aromatic carbocycles. The van der Waals surface area contributed by atoms with Crippen LogP contribution in [0.5, 0.6) is 0 Å². The summed E-state index contributed by atoms with van der Waals surface area (Å²) < 4.78 is 0. The van der Waals surface area contributed by atoms with E-state index in [1.807, 2.05) is 0 Å². The monoisotopic (exact) mass is 239 g/mol. The summed E-state index contributed by atoms with van der Waals surface area (Å²) in [5.41, 5.74) is 5.76. The van der Waals surface area contributed by atoms with Crippen LogP contribution in [-0.2, 0) is 0 Å². The van der Waals surface area contributed by atoms with E-state index < -0.39 is 0 Å². The van der Waals surface area contributed by atoms with Gasteiger partial charge in [-0.05, 0) is 25.7 Å². The van der Waals surface area contributed by atoms with E-state index in [2.05, 4.69) is 10.6 Å². The van der Waals surface area contributed by atoms with Crippen molar-refractivity contribution in [3.05, 3.63) is 0 Å². The van der Waals surface area contributed by atoms with Crippen LogP contribution in [0.3, 0.4) is 0 Å². The molecule has 0 atom stereocenters. The molecule has 0 radical (unpaired) electrons. The second-order valence-corrected chi connectivity index (χ2v) is 5.62. The lowest BCUT2D eigenvalue weighted by Gasteiger charge is -2.35. The standard InChI is InChI=1S/C13H25N3O/c14-10-13(8-4-2-1-3-5-9-13)16-12(17)15-11-6-7-11/h11H,1-10,14H2,(H2,15,16,17). The van der Waals surface area contributed by atoms with E-state index in [0.29, 0.717) is 12.6 Å². The smallest absolute Gasteiger partial charge is 0.315 e. The molecule has 98 valence electrons. The van der Waals surface area contributed by atoms with Gasteiger partial charge in [0.25, 0.3) is 0 Å². The van der Waals surface area contributed by atoms with Crippen LogP contribution in [0.25, 0.3) is 0 Å². The predicted molar refractivity (Wildman–Crippen MR) is 68.8 cm³/mol. The first kappa shape index (κ1) is 12.7. The predicted octanol–water partition coefficient (Wildman–Crippen LogP) is 1.89. The van der Waals surface area contributed by atoms with Gasteiger partial charge in [-0.15, -0.1) is 0 Å². The summed E-state index contributed by atoms with van der Waals surface area (Å²) in [4.78, 5) is 11.8. The third-order valence-electron chi connectivity index (χ3n) is 3.99. The van der Waals surface area contributed by atoms with Gasteiger partial charge in [-0.3, -0.25) is 0 Å². The molecule has 0 saturated heterocycles. The number of hydrogen-bond donors (Lipinski definition) is 3. The van der Waals surface area contributed by atoms with Gasteiger partial charge in [0.2, 0.25) is 0 Å². The molecular formula is C13H25N3O. The minimum Gasteiger partial charge on any atom is -0.335 e. The van der Waals surface area contributed by atoms with Gasteiger partial charge in [-0.1, -0.05) is 32.1 Å². The maximum absolute atomic E-state index is 11.8. The Morgan fingerprint density at radius 1 is 1.12 bits per heavy atom. The summed E-state index contributed by atoms with van der Waals surface area (Å²) in [6.45, 7) is 0.561. The van der Waals surface area contributed by atoms with E-state index in [9.17, 15) is 4.79 Å². The molecule has 0 heterocycles. The normalized spacial score (nSPS) is 24.5. The Labute approximate surface area is 104 Å². The molecule has 2 fully saturated rings. The van der Waals surface area contributed by atoms with Crippen molar-refractivity contribution in [2.75, 3.05) is 6.54 Å². The van der Waals surface area contributed by atoms with Crippen molar-refractivity contribution in [2.45, 2.75) is 69.4 Å². The number of urea groups is 1. The third-order valence-corrected chi connectivity index (χ3v) is 3.99. The van der Waals surface area contributed by atoms with Crippen LogP contribution in [-0.4, -0.2) is 24.2 Å². The summed E-state index contributed by atoms with van der Waals surface area (Å²) >= 11 is 0. The number of carbonyl (C=O) groups is 1. The highest BCUT2D eigenvalue weighted by molar-refractivity contribution is 5.75. The number of amides is 2. The molecule has 4 heteroatoms. The molecule has 0 spiro atoms. The number of hydrogen-bond acceptors (Lipinski definition) is 2. The van der Waals surface area contributed by atoms with Crippen molar-refractivity contribution in [3.8, 4) is 0 Å². The number of nitrogens with two attached hydrogens (primary N) is 1. The summed E-state index contributed by atoms with van der Waals surface area (Å²) in [7, 11) is 0. The summed E-state index contributed by atoms with van der Waals surface area (Å²) in [5, 5.41) is 6.14. The van der Waals surface area contributed by atoms with E-state index >= 15 is 0 Å². The molecule has 0 aromatic rings. The Hall–Kier alpha value is -0.770. The van der Waals surface area contributed by atoms with Crippen LogP contribution < -0.4 is 16.4 Å². The molecule has 2 saturated carbocycles. The first-order valence-corrected chi connectivity index (χ1v) is 7.03. The van der Waals surface area contributed by atoms with E-state index in [1.165, 1.54) is 32.1 Å². The van der Waals surface area contributed by atoms with Crippen LogP contribution in [0.4, 0.5) is 4.79 Å². The van der Waals surface area contributed by atoms with Crippen molar-refractivity contribution in [3.63, 3.8) is 0 Å². The average molecular weight is 239 g/mol. The molecule has 0 aliphatic heterocycles. The second kappa shape index (κ2) is 5.71. The molecule has 4 N–H and O–H groups in total. The molecule has 0 aromatic heterocycles. The molecule has 0 unspecified atom stereocenters. The Bertz CT molecular complexity index is 255. The first-order chi connectivity index (χ1) is 8.24. The first-order valence-electron chi connectivity index (χ1n) is 7.03. The van der Waals surface area contributed by atoms with Gasteiger partial charge in [-0.25, -0.2) is 4.79 Å². The Kier molecular flexibility index (Phi) is 4.26. The minimum atomic E-state index is -0.153. The number of rotatable bonds is 3. The topological polar surface area (TPSA) is 67.1 Å². The molecule has 2 aliphatic rings. The van der Waals surface area contributed by atoms with Gasteiger partial charge in [0.1, 0.15) is 0 Å². The van der Waals surface area contributed by atoms with Crippen molar-refractivity contribution in [1.82, 2.24) is 10.6 Å². The fraction of sp³-hybridized carbons (Fsp3) is 0.923. The minimum absolute atomic E-state index is 0.0153. The van der Waals surface area contributed by atoms with Gasteiger partial charge >= 0.3 is 6.03 Å². The Morgan fingerprint density at radius 3 is 2.24 bits per heavy atom. The molecule has 4 nitrogen and oxygen atoms in total. The maximum atomic E-state index is 11.8. The van der Waals surface area contributed by atoms with Crippen LogP contribution in [0.1, 0.15) is 57.8 Å². The number of carbonyl (C=O) groups excluding carboxylic acids is 1. The van der Waals surface area contributed by atoms with Crippen molar-refractivity contribution in [2.24, 2.45) is 5.73 Å². The van der Waals surface area contributed by atoms with Crippen molar-refractivity contribution < 1.29 is 4.79 Å². The summed E-state index contributed by atoms with van der Waals surface area (Å²) in [6, 6.07) is 0.400. The fourth-order valence-electron chi connectivity index (χ4n) is 2.65. The highest BCUT2D eigenvalue weighted by Crippen LogP contribution is 2.26. The van der Waals surface area contributed by atoms with Crippen molar-refractivity contribution in [1.29, 1.82) is 0 Å². The lowest BCUT2D eigenvalue weighted by atomic mass is 9.84. The van der Waals surface area contributed by atoms with Crippen LogP contribution in [0, 0.1) is 0 Å². The molecule has 2 amide bonds. The van der Waals surface area contributed by atoms with Gasteiger partial charge < -0.3 is 16.4 Å². The number of nitrogens with one attached hydrogen (secondary N) is 2. The summed E-state index contributed by atoms with van der Waals surface area (Å²) in [6.07, 6.45) is 10.5. The van der Waals surface area contributed by atoms with Crippen LogP contribution in [0.15, 0.2) is 0 Å². The Morgan fingerprint density at radius 2 is 1.71 bits per heavy atom. The highest BCUT2D eigenvalue weighted by atomic mass is 16.2. The largest absolute Gasteiger partial charge is 0.335 e. The zero-order valence-electron chi connectivity index (χ0n) is 10.6. The van der Waals surface area contributed by atoms with E-state index in [-0.39, 0.29) is 11.6 Å². The van der Waals surface area contributed by atoms with E-state index in [1.54, 1.807) is 0 Å². The summed E-state index contributed by atoms with van der Waals surface area (Å²) in [5.74, 6) is 0. The molecule has 17 heavy (non-hydrogen) atoms.